The maximum absolute atomic E-state index is 6.69. The second-order valence-corrected chi connectivity index (χ2v) is 8.07. The van der Waals surface area contributed by atoms with E-state index in [2.05, 4.69) is 44.4 Å². The molecule has 112 valence electrons. The first-order chi connectivity index (χ1) is 8.93. The van der Waals surface area contributed by atoms with E-state index < -0.39 is 0 Å². The standard InChI is InChI=1S/C15H30N2OS/c1-5-12-10-17(7-8-19-12)11-15(16)9-13(18-6-2)14(15,3)4/h12-13H,5-11,16H2,1-4H3. The Kier molecular flexibility index (Phi) is 4.87. The van der Waals surface area contributed by atoms with Gasteiger partial charge in [0.05, 0.1) is 6.10 Å². The monoisotopic (exact) mass is 286 g/mol. The number of thioether (sulfide) groups is 1. The lowest BCUT2D eigenvalue weighted by Gasteiger charge is -2.60. The van der Waals surface area contributed by atoms with Gasteiger partial charge in [0.1, 0.15) is 0 Å². The van der Waals surface area contributed by atoms with E-state index in [-0.39, 0.29) is 11.0 Å². The van der Waals surface area contributed by atoms with Crippen LogP contribution >= 0.6 is 11.8 Å². The summed E-state index contributed by atoms with van der Waals surface area (Å²) in [6.45, 7) is 13.1. The Hall–Kier alpha value is 0.230. The molecule has 1 saturated carbocycles. The lowest BCUT2D eigenvalue weighted by atomic mass is 9.54. The molecule has 0 aromatic rings. The van der Waals surface area contributed by atoms with Crippen molar-refractivity contribution in [2.24, 2.45) is 11.1 Å². The van der Waals surface area contributed by atoms with Gasteiger partial charge in [-0.05, 0) is 19.8 Å². The predicted molar refractivity (Wildman–Crippen MR) is 83.7 cm³/mol. The molecule has 0 spiro atoms. The van der Waals surface area contributed by atoms with Crippen LogP contribution in [-0.2, 0) is 4.74 Å². The van der Waals surface area contributed by atoms with Crippen molar-refractivity contribution < 1.29 is 4.74 Å². The first kappa shape index (κ1) is 15.6. The van der Waals surface area contributed by atoms with E-state index in [9.17, 15) is 0 Å². The van der Waals surface area contributed by atoms with E-state index in [4.69, 9.17) is 10.5 Å². The molecule has 0 bridgehead atoms. The molecule has 0 aromatic heterocycles. The van der Waals surface area contributed by atoms with E-state index in [1.807, 2.05) is 0 Å². The third kappa shape index (κ3) is 2.97. The first-order valence-corrected chi connectivity index (χ1v) is 8.72. The molecule has 0 amide bonds. The summed E-state index contributed by atoms with van der Waals surface area (Å²) in [6, 6.07) is 0. The van der Waals surface area contributed by atoms with Crippen molar-refractivity contribution in [2.45, 2.75) is 57.4 Å². The van der Waals surface area contributed by atoms with Crippen LogP contribution in [-0.4, -0.2) is 53.8 Å². The summed E-state index contributed by atoms with van der Waals surface area (Å²) in [7, 11) is 0. The van der Waals surface area contributed by atoms with E-state index in [1.165, 1.54) is 25.3 Å². The minimum absolute atomic E-state index is 0.0763. The topological polar surface area (TPSA) is 38.5 Å². The molecule has 0 aromatic carbocycles. The second kappa shape index (κ2) is 5.92. The van der Waals surface area contributed by atoms with Gasteiger partial charge in [-0.25, -0.2) is 0 Å². The molecule has 1 aliphatic carbocycles. The molecule has 3 nitrogen and oxygen atoms in total. The fourth-order valence-electron chi connectivity index (χ4n) is 3.35. The van der Waals surface area contributed by atoms with Gasteiger partial charge in [-0.1, -0.05) is 20.8 Å². The third-order valence-electron chi connectivity index (χ3n) is 5.19. The fraction of sp³-hybridized carbons (Fsp3) is 1.00. The van der Waals surface area contributed by atoms with Crippen molar-refractivity contribution >= 4 is 11.8 Å². The lowest BCUT2D eigenvalue weighted by Crippen LogP contribution is -2.74. The second-order valence-electron chi connectivity index (χ2n) is 6.66. The van der Waals surface area contributed by atoms with Crippen LogP contribution in [0.2, 0.25) is 0 Å². The minimum atomic E-state index is -0.0763. The summed E-state index contributed by atoms with van der Waals surface area (Å²) in [6.07, 6.45) is 2.61. The molecule has 2 rings (SSSR count). The number of rotatable bonds is 5. The van der Waals surface area contributed by atoms with Crippen LogP contribution in [0.3, 0.4) is 0 Å². The van der Waals surface area contributed by atoms with Gasteiger partial charge in [-0.15, -0.1) is 0 Å². The summed E-state index contributed by atoms with van der Waals surface area (Å²) in [5.41, 5.74) is 6.71. The Labute approximate surface area is 122 Å². The average molecular weight is 286 g/mol. The largest absolute Gasteiger partial charge is 0.378 e. The first-order valence-electron chi connectivity index (χ1n) is 7.67. The van der Waals surface area contributed by atoms with Crippen molar-refractivity contribution in [1.29, 1.82) is 0 Å². The van der Waals surface area contributed by atoms with Gasteiger partial charge in [-0.3, -0.25) is 4.90 Å². The summed E-state index contributed by atoms with van der Waals surface area (Å²) < 4.78 is 5.82. The highest BCUT2D eigenvalue weighted by Crippen LogP contribution is 2.50. The SMILES string of the molecule is CCOC1CC(N)(CN2CCSC(CC)C2)C1(C)C. The molecule has 0 radical (unpaired) electrons. The van der Waals surface area contributed by atoms with Crippen LogP contribution in [0.25, 0.3) is 0 Å². The normalized spacial score (nSPS) is 39.0. The zero-order valence-corrected chi connectivity index (χ0v) is 13.8. The number of hydrogen-bond acceptors (Lipinski definition) is 4. The van der Waals surface area contributed by atoms with E-state index in [0.29, 0.717) is 6.10 Å². The molecule has 19 heavy (non-hydrogen) atoms. The highest BCUT2D eigenvalue weighted by Gasteiger charge is 2.58. The molecule has 3 unspecified atom stereocenters. The minimum Gasteiger partial charge on any atom is -0.378 e. The quantitative estimate of drug-likeness (QED) is 0.842. The van der Waals surface area contributed by atoms with Crippen LogP contribution in [0, 0.1) is 5.41 Å². The summed E-state index contributed by atoms with van der Waals surface area (Å²) in [5.74, 6) is 1.25. The van der Waals surface area contributed by atoms with Crippen LogP contribution in [0.5, 0.6) is 0 Å². The third-order valence-corrected chi connectivity index (χ3v) is 6.56. The average Bonchev–Trinajstić information content (AvgIpc) is 2.38. The van der Waals surface area contributed by atoms with Crippen molar-refractivity contribution in [3.05, 3.63) is 0 Å². The van der Waals surface area contributed by atoms with E-state index >= 15 is 0 Å². The molecule has 1 aliphatic heterocycles. The Morgan fingerprint density at radius 2 is 2.11 bits per heavy atom. The van der Waals surface area contributed by atoms with Gasteiger partial charge < -0.3 is 10.5 Å². The van der Waals surface area contributed by atoms with Crippen LogP contribution < -0.4 is 5.73 Å². The van der Waals surface area contributed by atoms with Crippen LogP contribution in [0.4, 0.5) is 0 Å². The highest BCUT2D eigenvalue weighted by atomic mass is 32.2. The Morgan fingerprint density at radius 1 is 1.37 bits per heavy atom. The predicted octanol–water partition coefficient (Wildman–Crippen LogP) is 2.35. The van der Waals surface area contributed by atoms with Crippen LogP contribution in [0.1, 0.15) is 40.5 Å². The molecule has 1 heterocycles. The molecular formula is C15H30N2OS. The van der Waals surface area contributed by atoms with Crippen molar-refractivity contribution in [3.8, 4) is 0 Å². The fourth-order valence-corrected chi connectivity index (χ4v) is 4.59. The van der Waals surface area contributed by atoms with Crippen LogP contribution in [0.15, 0.2) is 0 Å². The van der Waals surface area contributed by atoms with E-state index in [1.54, 1.807) is 0 Å². The molecular weight excluding hydrogens is 256 g/mol. The lowest BCUT2D eigenvalue weighted by molar-refractivity contribution is -0.156. The molecule has 4 heteroatoms. The summed E-state index contributed by atoms with van der Waals surface area (Å²) >= 11 is 2.12. The highest BCUT2D eigenvalue weighted by molar-refractivity contribution is 8.00. The Bertz CT molecular complexity index is 311. The van der Waals surface area contributed by atoms with Gasteiger partial charge in [0.2, 0.25) is 0 Å². The zero-order valence-electron chi connectivity index (χ0n) is 12.9. The molecule has 2 aliphatic rings. The zero-order chi connectivity index (χ0) is 14.1. The number of ether oxygens (including phenoxy) is 1. The molecule has 1 saturated heterocycles. The number of nitrogens with two attached hydrogens (primary N) is 1. The summed E-state index contributed by atoms with van der Waals surface area (Å²) in [4.78, 5) is 2.58. The van der Waals surface area contributed by atoms with Gasteiger partial charge in [-0.2, -0.15) is 11.8 Å². The Balaban J connectivity index is 1.92. The molecule has 2 N–H and O–H groups in total. The Morgan fingerprint density at radius 3 is 2.68 bits per heavy atom. The smallest absolute Gasteiger partial charge is 0.0662 e. The van der Waals surface area contributed by atoms with Gasteiger partial charge >= 0.3 is 0 Å². The van der Waals surface area contributed by atoms with Gasteiger partial charge in [0.25, 0.3) is 0 Å². The number of hydrogen-bond donors (Lipinski definition) is 1. The van der Waals surface area contributed by atoms with Crippen molar-refractivity contribution in [3.63, 3.8) is 0 Å². The molecule has 3 atom stereocenters. The maximum Gasteiger partial charge on any atom is 0.0662 e. The van der Waals surface area contributed by atoms with E-state index in [0.717, 1.165) is 24.8 Å². The maximum atomic E-state index is 6.69. The van der Waals surface area contributed by atoms with Gasteiger partial charge in [0, 0.05) is 48.2 Å². The number of nitrogens with zero attached hydrogens (tertiary/aromatic N) is 1. The van der Waals surface area contributed by atoms with Gasteiger partial charge in [0.15, 0.2) is 0 Å². The van der Waals surface area contributed by atoms with Crippen molar-refractivity contribution in [1.82, 2.24) is 4.90 Å². The summed E-state index contributed by atoms with van der Waals surface area (Å²) in [5, 5.41) is 0.795. The molecule has 2 fully saturated rings. The van der Waals surface area contributed by atoms with Crippen molar-refractivity contribution in [2.75, 3.05) is 32.0 Å².